The summed E-state index contributed by atoms with van der Waals surface area (Å²) in [5, 5.41) is 15.4. The zero-order chi connectivity index (χ0) is 27.8. The Hall–Kier alpha value is -4.33. The summed E-state index contributed by atoms with van der Waals surface area (Å²) in [6.07, 6.45) is 1.79. The van der Waals surface area contributed by atoms with Crippen molar-refractivity contribution in [3.63, 3.8) is 0 Å². The number of aromatic hydroxyl groups is 1. The molecule has 5 aromatic rings. The maximum Gasteiger partial charge on any atom is 0.174 e. The molecule has 3 heterocycles. The number of pyridine rings is 1. The summed E-state index contributed by atoms with van der Waals surface area (Å²) in [5.41, 5.74) is 5.44. The third-order valence-corrected chi connectivity index (χ3v) is 7.71. The van der Waals surface area contributed by atoms with Gasteiger partial charge in [-0.3, -0.25) is 4.98 Å². The Bertz CT molecular complexity index is 1670. The summed E-state index contributed by atoms with van der Waals surface area (Å²) in [4.78, 5) is 6.80. The van der Waals surface area contributed by atoms with Gasteiger partial charge in [0.15, 0.2) is 5.11 Å². The molecule has 200 valence electrons. The highest BCUT2D eigenvalue weighted by Crippen LogP contribution is 2.44. The lowest BCUT2D eigenvalue weighted by atomic mass is 9.96. The van der Waals surface area contributed by atoms with Crippen LogP contribution in [-0.4, -0.2) is 19.8 Å². The SMILES string of the molecule is Cc1cc([C@@H]2[C@@H](c3ccccn3)NC(=S)N2c2ccc(Oc3ccccc3)cc2)c(C)n1-c1cc(Cl)ccc1O. The highest BCUT2D eigenvalue weighted by molar-refractivity contribution is 7.80. The van der Waals surface area contributed by atoms with Crippen molar-refractivity contribution in [3.05, 3.63) is 131 Å². The maximum absolute atomic E-state index is 10.7. The standard InChI is InChI=1S/C32H27ClN4O2S/c1-20-18-26(21(2)36(20)28-19-22(33)11-16-29(28)38)31-30(27-10-6-7-17-34-27)35-32(40)37(31)23-12-14-25(15-13-23)39-24-8-4-3-5-9-24/h3-19,30-31,38H,1-2H3,(H,35,40)/t30-,31-/m1/s1. The maximum atomic E-state index is 10.7. The molecule has 2 N–H and O–H groups in total. The quantitative estimate of drug-likeness (QED) is 0.204. The number of aryl methyl sites for hydroxylation is 1. The minimum absolute atomic E-state index is 0.157. The lowest BCUT2D eigenvalue weighted by Gasteiger charge is -2.28. The Balaban J connectivity index is 1.44. The van der Waals surface area contributed by atoms with Crippen molar-refractivity contribution in [1.29, 1.82) is 0 Å². The van der Waals surface area contributed by atoms with Gasteiger partial charge in [-0.25, -0.2) is 0 Å². The molecule has 0 radical (unpaired) electrons. The Morgan fingerprint density at radius 1 is 0.900 bits per heavy atom. The summed E-state index contributed by atoms with van der Waals surface area (Å²) in [5.74, 6) is 1.67. The van der Waals surface area contributed by atoms with E-state index < -0.39 is 0 Å². The summed E-state index contributed by atoms with van der Waals surface area (Å²) < 4.78 is 8.05. The van der Waals surface area contributed by atoms with E-state index in [1.54, 1.807) is 24.4 Å². The van der Waals surface area contributed by atoms with E-state index in [0.29, 0.717) is 15.8 Å². The number of para-hydroxylation sites is 1. The summed E-state index contributed by atoms with van der Waals surface area (Å²) in [6.45, 7) is 4.07. The van der Waals surface area contributed by atoms with E-state index in [0.717, 1.165) is 39.8 Å². The molecule has 0 spiro atoms. The number of phenolic OH excluding ortho intramolecular Hbond substituents is 1. The van der Waals surface area contributed by atoms with Crippen LogP contribution in [0.3, 0.4) is 0 Å². The van der Waals surface area contributed by atoms with Gasteiger partial charge in [-0.15, -0.1) is 0 Å². The normalized spacial score (nSPS) is 16.7. The second kappa shape index (κ2) is 10.7. The summed E-state index contributed by atoms with van der Waals surface area (Å²) in [7, 11) is 0. The van der Waals surface area contributed by atoms with Gasteiger partial charge in [0.25, 0.3) is 0 Å². The van der Waals surface area contributed by atoms with Crippen molar-refractivity contribution in [2.45, 2.75) is 25.9 Å². The monoisotopic (exact) mass is 566 g/mol. The van der Waals surface area contributed by atoms with Crippen molar-refractivity contribution >= 4 is 34.6 Å². The van der Waals surface area contributed by atoms with Crippen molar-refractivity contribution in [2.75, 3.05) is 4.90 Å². The largest absolute Gasteiger partial charge is 0.506 e. The van der Waals surface area contributed by atoms with Crippen LogP contribution in [0.1, 0.15) is 34.7 Å². The molecule has 40 heavy (non-hydrogen) atoms. The van der Waals surface area contributed by atoms with Crippen LogP contribution in [0.4, 0.5) is 5.69 Å². The van der Waals surface area contributed by atoms with Gasteiger partial charge in [0.1, 0.15) is 17.2 Å². The molecule has 0 bridgehead atoms. The molecule has 1 aliphatic rings. The number of rotatable bonds is 6. The number of hydrogen-bond donors (Lipinski definition) is 2. The van der Waals surface area contributed by atoms with Gasteiger partial charge < -0.3 is 24.6 Å². The molecule has 6 rings (SSSR count). The molecule has 3 aromatic carbocycles. The van der Waals surface area contributed by atoms with Gasteiger partial charge in [0.05, 0.1) is 23.5 Å². The van der Waals surface area contributed by atoms with Gasteiger partial charge in [-0.05, 0) is 104 Å². The molecule has 1 aliphatic heterocycles. The second-order valence-electron chi connectivity index (χ2n) is 9.70. The molecule has 1 saturated heterocycles. The van der Waals surface area contributed by atoms with E-state index >= 15 is 0 Å². The Labute approximate surface area is 243 Å². The van der Waals surface area contributed by atoms with Crippen molar-refractivity contribution in [1.82, 2.24) is 14.9 Å². The molecule has 0 saturated carbocycles. The molecular formula is C32H27ClN4O2S. The first-order chi connectivity index (χ1) is 19.4. The third kappa shape index (κ3) is 4.78. The topological polar surface area (TPSA) is 62.5 Å². The highest BCUT2D eigenvalue weighted by Gasteiger charge is 2.42. The Morgan fingerprint density at radius 2 is 1.62 bits per heavy atom. The zero-order valence-electron chi connectivity index (χ0n) is 22.0. The van der Waals surface area contributed by atoms with E-state index in [1.165, 1.54) is 0 Å². The first-order valence-corrected chi connectivity index (χ1v) is 13.7. The number of nitrogens with one attached hydrogen (secondary N) is 1. The number of ether oxygens (including phenoxy) is 1. The Kier molecular flexibility index (Phi) is 6.92. The van der Waals surface area contributed by atoms with E-state index in [1.807, 2.05) is 84.3 Å². The number of halogens is 1. The first kappa shape index (κ1) is 25.9. The Morgan fingerprint density at radius 3 is 2.35 bits per heavy atom. The van der Waals surface area contributed by atoms with Crippen LogP contribution in [0.2, 0.25) is 5.02 Å². The molecule has 2 aromatic heterocycles. The predicted molar refractivity (Wildman–Crippen MR) is 163 cm³/mol. The van der Waals surface area contributed by atoms with Crippen LogP contribution in [0, 0.1) is 13.8 Å². The number of anilines is 1. The second-order valence-corrected chi connectivity index (χ2v) is 10.5. The predicted octanol–water partition coefficient (Wildman–Crippen LogP) is 7.82. The van der Waals surface area contributed by atoms with E-state index in [4.69, 9.17) is 28.6 Å². The number of nitrogens with zero attached hydrogens (tertiary/aromatic N) is 3. The van der Waals surface area contributed by atoms with E-state index in [2.05, 4.69) is 28.2 Å². The van der Waals surface area contributed by atoms with Gasteiger partial charge in [-0.2, -0.15) is 0 Å². The van der Waals surface area contributed by atoms with Crippen LogP contribution in [0.15, 0.2) is 103 Å². The van der Waals surface area contributed by atoms with Crippen molar-refractivity contribution in [2.24, 2.45) is 0 Å². The molecule has 2 atom stereocenters. The highest BCUT2D eigenvalue weighted by atomic mass is 35.5. The molecule has 0 unspecified atom stereocenters. The molecule has 6 nitrogen and oxygen atoms in total. The fourth-order valence-electron chi connectivity index (χ4n) is 5.38. The van der Waals surface area contributed by atoms with Crippen molar-refractivity contribution in [3.8, 4) is 22.9 Å². The first-order valence-electron chi connectivity index (χ1n) is 12.9. The van der Waals surface area contributed by atoms with Gasteiger partial charge in [0.2, 0.25) is 0 Å². The zero-order valence-corrected chi connectivity index (χ0v) is 23.5. The fourth-order valence-corrected chi connectivity index (χ4v) is 5.89. The lowest BCUT2D eigenvalue weighted by molar-refractivity contribution is 0.471. The summed E-state index contributed by atoms with van der Waals surface area (Å²) in [6, 6.07) is 30.3. The van der Waals surface area contributed by atoms with E-state index in [9.17, 15) is 5.11 Å². The molecule has 1 fully saturated rings. The van der Waals surface area contributed by atoms with Crippen LogP contribution in [-0.2, 0) is 0 Å². The molecular weight excluding hydrogens is 540 g/mol. The van der Waals surface area contributed by atoms with E-state index in [-0.39, 0.29) is 17.8 Å². The number of aromatic nitrogens is 2. The van der Waals surface area contributed by atoms with Crippen LogP contribution >= 0.6 is 23.8 Å². The molecule has 0 aliphatic carbocycles. The smallest absolute Gasteiger partial charge is 0.174 e. The van der Waals surface area contributed by atoms with Crippen molar-refractivity contribution < 1.29 is 9.84 Å². The van der Waals surface area contributed by atoms with Gasteiger partial charge >= 0.3 is 0 Å². The van der Waals surface area contributed by atoms with Crippen LogP contribution in [0.5, 0.6) is 17.2 Å². The number of phenols is 1. The van der Waals surface area contributed by atoms with Crippen LogP contribution in [0.25, 0.3) is 5.69 Å². The fraction of sp³-hybridized carbons (Fsp3) is 0.125. The minimum Gasteiger partial charge on any atom is -0.506 e. The number of benzene rings is 3. The van der Waals surface area contributed by atoms with Gasteiger partial charge in [0, 0.05) is 28.3 Å². The number of thiocarbonyl (C=S) groups is 1. The molecule has 8 heteroatoms. The van der Waals surface area contributed by atoms with Crippen LogP contribution < -0.4 is 15.0 Å². The lowest BCUT2D eigenvalue weighted by Crippen LogP contribution is -2.29. The average molecular weight is 567 g/mol. The minimum atomic E-state index is -0.204. The molecule has 0 amide bonds. The number of hydrogen-bond acceptors (Lipinski definition) is 4. The van der Waals surface area contributed by atoms with Gasteiger partial charge in [-0.1, -0.05) is 35.9 Å². The third-order valence-electron chi connectivity index (χ3n) is 7.16. The summed E-state index contributed by atoms with van der Waals surface area (Å²) >= 11 is 12.2. The average Bonchev–Trinajstić information content (AvgIpc) is 3.46.